The van der Waals surface area contributed by atoms with Crippen LogP contribution in [0.15, 0.2) is 42.5 Å². The van der Waals surface area contributed by atoms with Crippen LogP contribution in [0.2, 0.25) is 0 Å². The largest absolute Gasteiger partial charge is 0.495 e. The summed E-state index contributed by atoms with van der Waals surface area (Å²) in [5.74, 6) is 0.676. The van der Waals surface area contributed by atoms with Crippen molar-refractivity contribution in [1.82, 2.24) is 4.98 Å². The zero-order valence-electron chi connectivity index (χ0n) is 10.7. The molecule has 2 rings (SSSR count). The number of ether oxygens (including phenoxy) is 2. The molecule has 1 aromatic heterocycles. The van der Waals surface area contributed by atoms with Crippen LogP contribution in [0.5, 0.6) is 11.6 Å². The Balaban J connectivity index is 2.20. The molecule has 5 heteroatoms. The van der Waals surface area contributed by atoms with Gasteiger partial charge in [0.15, 0.2) is 0 Å². The molecule has 0 spiro atoms. The fraction of sp³-hybridized carbons (Fsp3) is 0.143. The molecule has 0 aliphatic carbocycles. The van der Waals surface area contributed by atoms with Gasteiger partial charge in [-0.15, -0.1) is 0 Å². The molecule has 0 radical (unpaired) electrons. The second kappa shape index (κ2) is 5.86. The lowest BCUT2D eigenvalue weighted by atomic mass is 10.2. The standard InChI is InChI=1S/C14H14N2O3/c1-18-12-8-4-3-6-10(12)16-14(17)11-7-5-9-13(15-11)19-2/h3-9H,1-2H3,(H,16,17). The molecule has 0 unspecified atom stereocenters. The first kappa shape index (κ1) is 12.9. The molecule has 19 heavy (non-hydrogen) atoms. The van der Waals surface area contributed by atoms with Crippen molar-refractivity contribution >= 4 is 11.6 Å². The summed E-state index contributed by atoms with van der Waals surface area (Å²) in [5, 5.41) is 2.75. The number of hydrogen-bond donors (Lipinski definition) is 1. The molecule has 0 saturated heterocycles. The number of pyridine rings is 1. The first-order valence-corrected chi connectivity index (χ1v) is 5.70. The molecule has 0 atom stereocenters. The van der Waals surface area contributed by atoms with Gasteiger partial charge in [-0.2, -0.15) is 0 Å². The molecular weight excluding hydrogens is 244 g/mol. The fourth-order valence-corrected chi connectivity index (χ4v) is 1.59. The predicted molar refractivity (Wildman–Crippen MR) is 71.7 cm³/mol. The monoisotopic (exact) mass is 258 g/mol. The number of amides is 1. The van der Waals surface area contributed by atoms with E-state index in [9.17, 15) is 4.79 Å². The Morgan fingerprint density at radius 2 is 1.84 bits per heavy atom. The number of para-hydroxylation sites is 2. The van der Waals surface area contributed by atoms with Gasteiger partial charge < -0.3 is 14.8 Å². The van der Waals surface area contributed by atoms with Crippen molar-refractivity contribution in [1.29, 1.82) is 0 Å². The average Bonchev–Trinajstić information content (AvgIpc) is 2.47. The second-order valence-corrected chi connectivity index (χ2v) is 3.72. The first-order chi connectivity index (χ1) is 9.24. The summed E-state index contributed by atoms with van der Waals surface area (Å²) >= 11 is 0. The lowest BCUT2D eigenvalue weighted by molar-refractivity contribution is 0.102. The van der Waals surface area contributed by atoms with E-state index < -0.39 is 0 Å². The van der Waals surface area contributed by atoms with E-state index >= 15 is 0 Å². The lowest BCUT2D eigenvalue weighted by Gasteiger charge is -2.09. The van der Waals surface area contributed by atoms with Crippen LogP contribution < -0.4 is 14.8 Å². The number of aromatic nitrogens is 1. The van der Waals surface area contributed by atoms with Crippen LogP contribution in [-0.2, 0) is 0 Å². The van der Waals surface area contributed by atoms with Crippen LogP contribution in [-0.4, -0.2) is 25.1 Å². The lowest BCUT2D eigenvalue weighted by Crippen LogP contribution is -2.14. The highest BCUT2D eigenvalue weighted by molar-refractivity contribution is 6.03. The third-order valence-electron chi connectivity index (χ3n) is 2.52. The Kier molecular flexibility index (Phi) is 3.97. The van der Waals surface area contributed by atoms with E-state index in [-0.39, 0.29) is 11.6 Å². The Morgan fingerprint density at radius 1 is 1.05 bits per heavy atom. The van der Waals surface area contributed by atoms with Crippen molar-refractivity contribution in [3.63, 3.8) is 0 Å². The van der Waals surface area contributed by atoms with Crippen molar-refractivity contribution < 1.29 is 14.3 Å². The van der Waals surface area contributed by atoms with E-state index in [2.05, 4.69) is 10.3 Å². The third-order valence-corrected chi connectivity index (χ3v) is 2.52. The zero-order chi connectivity index (χ0) is 13.7. The maximum absolute atomic E-state index is 12.1. The SMILES string of the molecule is COc1cccc(C(=O)Nc2ccccc2OC)n1. The Bertz CT molecular complexity index is 584. The molecule has 1 aromatic carbocycles. The maximum Gasteiger partial charge on any atom is 0.274 e. The number of rotatable bonds is 4. The normalized spacial score (nSPS) is 9.79. The number of benzene rings is 1. The van der Waals surface area contributed by atoms with E-state index in [0.717, 1.165) is 0 Å². The second-order valence-electron chi connectivity index (χ2n) is 3.72. The van der Waals surface area contributed by atoms with Crippen LogP contribution in [0.1, 0.15) is 10.5 Å². The van der Waals surface area contributed by atoms with Gasteiger partial charge in [-0.25, -0.2) is 4.98 Å². The average molecular weight is 258 g/mol. The van der Waals surface area contributed by atoms with Crippen molar-refractivity contribution in [2.75, 3.05) is 19.5 Å². The van der Waals surface area contributed by atoms with Gasteiger partial charge in [0, 0.05) is 6.07 Å². The summed E-state index contributed by atoms with van der Waals surface area (Å²) in [6.07, 6.45) is 0. The molecule has 1 heterocycles. The van der Waals surface area contributed by atoms with E-state index in [0.29, 0.717) is 17.3 Å². The number of anilines is 1. The van der Waals surface area contributed by atoms with Gasteiger partial charge in [-0.3, -0.25) is 4.79 Å². The number of carbonyl (C=O) groups is 1. The first-order valence-electron chi connectivity index (χ1n) is 5.70. The van der Waals surface area contributed by atoms with Crippen molar-refractivity contribution in [3.05, 3.63) is 48.2 Å². The van der Waals surface area contributed by atoms with Gasteiger partial charge in [0.05, 0.1) is 19.9 Å². The van der Waals surface area contributed by atoms with Gasteiger partial charge in [0.25, 0.3) is 5.91 Å². The maximum atomic E-state index is 12.1. The molecule has 1 amide bonds. The Hall–Kier alpha value is -2.56. The molecule has 98 valence electrons. The van der Waals surface area contributed by atoms with Crippen molar-refractivity contribution in [2.24, 2.45) is 0 Å². The van der Waals surface area contributed by atoms with Gasteiger partial charge in [0.1, 0.15) is 11.4 Å². The molecule has 0 aliphatic rings. The van der Waals surface area contributed by atoms with Gasteiger partial charge in [-0.1, -0.05) is 18.2 Å². The number of carbonyl (C=O) groups excluding carboxylic acids is 1. The van der Waals surface area contributed by atoms with Crippen LogP contribution in [0.3, 0.4) is 0 Å². The van der Waals surface area contributed by atoms with Gasteiger partial charge in [0.2, 0.25) is 5.88 Å². The van der Waals surface area contributed by atoms with Crippen LogP contribution in [0, 0.1) is 0 Å². The third kappa shape index (κ3) is 3.01. The number of hydrogen-bond acceptors (Lipinski definition) is 4. The molecule has 2 aromatic rings. The summed E-state index contributed by atoms with van der Waals surface area (Å²) in [5.41, 5.74) is 0.880. The summed E-state index contributed by atoms with van der Waals surface area (Å²) in [4.78, 5) is 16.1. The Labute approximate surface area is 111 Å². The van der Waals surface area contributed by atoms with E-state index in [1.54, 1.807) is 37.4 Å². The zero-order valence-corrected chi connectivity index (χ0v) is 10.7. The van der Waals surface area contributed by atoms with Crippen molar-refractivity contribution in [3.8, 4) is 11.6 Å². The summed E-state index contributed by atoms with van der Waals surface area (Å²) in [6.45, 7) is 0. The van der Waals surface area contributed by atoms with Crippen LogP contribution in [0.25, 0.3) is 0 Å². The molecule has 0 saturated carbocycles. The van der Waals surface area contributed by atoms with Gasteiger partial charge in [-0.05, 0) is 18.2 Å². The smallest absolute Gasteiger partial charge is 0.274 e. The highest BCUT2D eigenvalue weighted by atomic mass is 16.5. The minimum absolute atomic E-state index is 0.283. The van der Waals surface area contributed by atoms with E-state index in [1.165, 1.54) is 7.11 Å². The van der Waals surface area contributed by atoms with Crippen molar-refractivity contribution in [2.45, 2.75) is 0 Å². The molecule has 0 fully saturated rings. The fourth-order valence-electron chi connectivity index (χ4n) is 1.59. The quantitative estimate of drug-likeness (QED) is 0.914. The summed E-state index contributed by atoms with van der Waals surface area (Å²) in [7, 11) is 3.05. The molecule has 0 bridgehead atoms. The number of methoxy groups -OCH3 is 2. The Morgan fingerprint density at radius 3 is 2.58 bits per heavy atom. The molecule has 0 aliphatic heterocycles. The number of nitrogens with one attached hydrogen (secondary N) is 1. The van der Waals surface area contributed by atoms with E-state index in [1.807, 2.05) is 12.1 Å². The minimum atomic E-state index is -0.316. The van der Waals surface area contributed by atoms with E-state index in [4.69, 9.17) is 9.47 Å². The highest BCUT2D eigenvalue weighted by Gasteiger charge is 2.11. The van der Waals surface area contributed by atoms with Crippen LogP contribution in [0.4, 0.5) is 5.69 Å². The summed E-state index contributed by atoms with van der Waals surface area (Å²) in [6, 6.07) is 12.2. The highest BCUT2D eigenvalue weighted by Crippen LogP contribution is 2.23. The molecular formula is C14H14N2O3. The van der Waals surface area contributed by atoms with Crippen LogP contribution >= 0.6 is 0 Å². The topological polar surface area (TPSA) is 60.5 Å². The molecule has 5 nitrogen and oxygen atoms in total. The molecule has 1 N–H and O–H groups in total. The number of nitrogens with zero attached hydrogens (tertiary/aromatic N) is 1. The van der Waals surface area contributed by atoms with Gasteiger partial charge >= 0.3 is 0 Å². The summed E-state index contributed by atoms with van der Waals surface area (Å²) < 4.78 is 10.2. The minimum Gasteiger partial charge on any atom is -0.495 e. The predicted octanol–water partition coefficient (Wildman–Crippen LogP) is 2.35.